The maximum Gasteiger partial charge on any atom is 0.328 e. The standard InChI is InChI=1S/C21H22O6S2/c1-19(2)26-17(22)21(18(23)27-19)13(15-5-3-9-28-15)11-20(24-7-8-25-20)12-14(21)16-6-4-10-29-16/h3-6,9-10,13-14H,7-8,11-12H2,1-2H3/t13-,14+. The van der Waals surface area contributed by atoms with Crippen LogP contribution >= 0.6 is 22.7 Å². The average molecular weight is 435 g/mol. The molecular formula is C21H22O6S2. The Morgan fingerprint density at radius 3 is 1.76 bits per heavy atom. The SMILES string of the molecule is CC1(C)OC(=O)C2(C(=O)O1)[C@@H](c1cccs1)CC1(C[C@H]2c2cccs2)OCCO1. The quantitative estimate of drug-likeness (QED) is 0.525. The van der Waals surface area contributed by atoms with Crippen molar-refractivity contribution in [2.75, 3.05) is 13.2 Å². The van der Waals surface area contributed by atoms with E-state index in [0.717, 1.165) is 9.75 Å². The number of carbonyl (C=O) groups excluding carboxylic acids is 2. The number of rotatable bonds is 2. The monoisotopic (exact) mass is 434 g/mol. The fourth-order valence-electron chi connectivity index (χ4n) is 4.92. The second-order valence-electron chi connectivity index (χ2n) is 8.20. The van der Waals surface area contributed by atoms with Crippen LogP contribution in [0.25, 0.3) is 0 Å². The highest BCUT2D eigenvalue weighted by Crippen LogP contribution is 2.63. The second kappa shape index (κ2) is 6.63. The van der Waals surface area contributed by atoms with Crippen LogP contribution in [0, 0.1) is 5.41 Å². The summed E-state index contributed by atoms with van der Waals surface area (Å²) >= 11 is 3.04. The van der Waals surface area contributed by atoms with Gasteiger partial charge in [-0.05, 0) is 22.9 Å². The summed E-state index contributed by atoms with van der Waals surface area (Å²) in [4.78, 5) is 29.1. The molecule has 4 heterocycles. The molecule has 0 unspecified atom stereocenters. The molecule has 3 fully saturated rings. The van der Waals surface area contributed by atoms with Crippen LogP contribution in [0.4, 0.5) is 0 Å². The lowest BCUT2D eigenvalue weighted by atomic mass is 9.57. The van der Waals surface area contributed by atoms with Crippen molar-refractivity contribution in [1.29, 1.82) is 0 Å². The Labute approximate surface area is 176 Å². The predicted molar refractivity (Wildman–Crippen MR) is 107 cm³/mol. The van der Waals surface area contributed by atoms with E-state index in [4.69, 9.17) is 18.9 Å². The number of ether oxygens (including phenoxy) is 4. The first kappa shape index (κ1) is 19.2. The Morgan fingerprint density at radius 2 is 1.34 bits per heavy atom. The molecule has 0 amide bonds. The van der Waals surface area contributed by atoms with Crippen LogP contribution in [-0.4, -0.2) is 36.7 Å². The third kappa shape index (κ3) is 2.88. The number of hydrogen-bond acceptors (Lipinski definition) is 8. The van der Waals surface area contributed by atoms with Crippen molar-refractivity contribution in [3.8, 4) is 0 Å². The van der Waals surface area contributed by atoms with Crippen LogP contribution in [0.5, 0.6) is 0 Å². The van der Waals surface area contributed by atoms with Crippen molar-refractivity contribution in [3.63, 3.8) is 0 Å². The first-order chi connectivity index (χ1) is 13.9. The smallest absolute Gasteiger partial charge is 0.328 e. The van der Waals surface area contributed by atoms with E-state index < -0.39 is 40.8 Å². The fourth-order valence-corrected chi connectivity index (χ4v) is 6.73. The molecule has 0 bridgehead atoms. The minimum absolute atomic E-state index is 0.403. The molecule has 2 atom stereocenters. The third-order valence-electron chi connectivity index (χ3n) is 6.07. The molecule has 6 nitrogen and oxygen atoms in total. The van der Waals surface area contributed by atoms with Gasteiger partial charge in [-0.3, -0.25) is 9.59 Å². The molecule has 0 N–H and O–H groups in total. The van der Waals surface area contributed by atoms with Gasteiger partial charge in [-0.15, -0.1) is 22.7 Å². The molecule has 2 spiro atoms. The molecule has 3 aliphatic rings. The number of carbonyl (C=O) groups is 2. The van der Waals surface area contributed by atoms with E-state index in [1.54, 1.807) is 13.8 Å². The zero-order valence-corrected chi connectivity index (χ0v) is 17.8. The van der Waals surface area contributed by atoms with Crippen LogP contribution in [0.15, 0.2) is 35.0 Å². The summed E-state index contributed by atoms with van der Waals surface area (Å²) < 4.78 is 23.5. The zero-order valence-electron chi connectivity index (χ0n) is 16.2. The highest BCUT2D eigenvalue weighted by molar-refractivity contribution is 7.10. The van der Waals surface area contributed by atoms with Gasteiger partial charge in [0.2, 0.25) is 0 Å². The van der Waals surface area contributed by atoms with Gasteiger partial charge < -0.3 is 18.9 Å². The summed E-state index contributed by atoms with van der Waals surface area (Å²) in [6.45, 7) is 4.18. The van der Waals surface area contributed by atoms with E-state index in [1.165, 1.54) is 22.7 Å². The molecule has 5 rings (SSSR count). The lowest BCUT2D eigenvalue weighted by molar-refractivity contribution is -0.268. The van der Waals surface area contributed by atoms with E-state index in [2.05, 4.69) is 0 Å². The van der Waals surface area contributed by atoms with E-state index >= 15 is 0 Å². The van der Waals surface area contributed by atoms with Crippen LogP contribution in [0.3, 0.4) is 0 Å². The summed E-state index contributed by atoms with van der Waals surface area (Å²) in [6.07, 6.45) is 0.806. The molecule has 2 aromatic heterocycles. The maximum atomic E-state index is 13.6. The Hall–Kier alpha value is -1.74. The predicted octanol–water partition coefficient (Wildman–Crippen LogP) is 4.04. The van der Waals surface area contributed by atoms with Crippen LogP contribution in [0.2, 0.25) is 0 Å². The van der Waals surface area contributed by atoms with Crippen molar-refractivity contribution in [1.82, 2.24) is 0 Å². The zero-order chi connectivity index (χ0) is 20.3. The molecule has 1 saturated carbocycles. The third-order valence-corrected chi connectivity index (χ3v) is 8.04. The van der Waals surface area contributed by atoms with Crippen molar-refractivity contribution in [3.05, 3.63) is 44.8 Å². The molecule has 2 aromatic rings. The van der Waals surface area contributed by atoms with Crippen molar-refractivity contribution in [2.24, 2.45) is 5.41 Å². The highest BCUT2D eigenvalue weighted by Gasteiger charge is 2.70. The van der Waals surface area contributed by atoms with Crippen molar-refractivity contribution in [2.45, 2.75) is 50.1 Å². The fraction of sp³-hybridized carbons (Fsp3) is 0.524. The molecule has 8 heteroatoms. The van der Waals surface area contributed by atoms with Gasteiger partial charge in [-0.1, -0.05) is 12.1 Å². The van der Waals surface area contributed by atoms with Gasteiger partial charge in [0, 0.05) is 48.3 Å². The van der Waals surface area contributed by atoms with Crippen LogP contribution in [0.1, 0.15) is 48.3 Å². The van der Waals surface area contributed by atoms with Gasteiger partial charge in [-0.2, -0.15) is 0 Å². The number of hydrogen-bond donors (Lipinski definition) is 0. The Morgan fingerprint density at radius 1 is 0.862 bits per heavy atom. The number of esters is 2. The van der Waals surface area contributed by atoms with Gasteiger partial charge in [0.1, 0.15) is 0 Å². The number of cyclic esters (lactones) is 2. The van der Waals surface area contributed by atoms with Gasteiger partial charge in [0.05, 0.1) is 13.2 Å². The van der Waals surface area contributed by atoms with Crippen LogP contribution in [-0.2, 0) is 28.5 Å². The first-order valence-corrected chi connectivity index (χ1v) is 11.4. The largest absolute Gasteiger partial charge is 0.422 e. The first-order valence-electron chi connectivity index (χ1n) is 9.68. The van der Waals surface area contributed by atoms with Gasteiger partial charge >= 0.3 is 11.9 Å². The molecule has 29 heavy (non-hydrogen) atoms. The molecule has 0 radical (unpaired) electrons. The minimum atomic E-state index is -1.47. The summed E-state index contributed by atoms with van der Waals surface area (Å²) in [5, 5.41) is 3.90. The average Bonchev–Trinajstić information content (AvgIpc) is 3.42. The topological polar surface area (TPSA) is 71.1 Å². The van der Waals surface area contributed by atoms with Gasteiger partial charge in [0.25, 0.3) is 5.79 Å². The second-order valence-corrected chi connectivity index (χ2v) is 10.2. The van der Waals surface area contributed by atoms with E-state index in [-0.39, 0.29) is 0 Å². The molecule has 2 aliphatic heterocycles. The van der Waals surface area contributed by atoms with E-state index in [0.29, 0.717) is 26.1 Å². The Kier molecular flexibility index (Phi) is 4.40. The number of thiophene rings is 2. The highest BCUT2D eigenvalue weighted by atomic mass is 32.1. The summed E-state index contributed by atoms with van der Waals surface area (Å²) in [5.41, 5.74) is -1.47. The summed E-state index contributed by atoms with van der Waals surface area (Å²) in [6, 6.07) is 7.76. The van der Waals surface area contributed by atoms with E-state index in [9.17, 15) is 9.59 Å². The molecule has 2 saturated heterocycles. The summed E-state index contributed by atoms with van der Waals surface area (Å²) in [7, 11) is 0. The Bertz CT molecular complexity index is 843. The van der Waals surface area contributed by atoms with Gasteiger partial charge in [0.15, 0.2) is 11.2 Å². The Balaban J connectivity index is 1.71. The van der Waals surface area contributed by atoms with E-state index in [1.807, 2.05) is 35.0 Å². The van der Waals surface area contributed by atoms with Crippen LogP contribution < -0.4 is 0 Å². The molecular weight excluding hydrogens is 412 g/mol. The van der Waals surface area contributed by atoms with Crippen molar-refractivity contribution < 1.29 is 28.5 Å². The van der Waals surface area contributed by atoms with Gasteiger partial charge in [-0.25, -0.2) is 0 Å². The molecule has 0 aromatic carbocycles. The van der Waals surface area contributed by atoms with Crippen molar-refractivity contribution >= 4 is 34.6 Å². The minimum Gasteiger partial charge on any atom is -0.422 e. The normalized spacial score (nSPS) is 29.7. The lowest BCUT2D eigenvalue weighted by Gasteiger charge is -2.53. The molecule has 154 valence electrons. The maximum absolute atomic E-state index is 13.6. The molecule has 1 aliphatic carbocycles. The summed E-state index contributed by atoms with van der Waals surface area (Å²) in [5.74, 6) is -4.07. The lowest BCUT2D eigenvalue weighted by Crippen LogP contribution is -2.63.